The van der Waals surface area contributed by atoms with Crippen LogP contribution in [0.4, 0.5) is 10.8 Å². The van der Waals surface area contributed by atoms with Crippen molar-refractivity contribution in [2.75, 3.05) is 16.8 Å². The van der Waals surface area contributed by atoms with Gasteiger partial charge in [-0.3, -0.25) is 9.59 Å². The molecule has 1 aromatic carbocycles. The molecule has 1 saturated heterocycles. The number of carbonyl (C=O) groups excluding carboxylic acids is 2. The van der Waals surface area contributed by atoms with E-state index in [-0.39, 0.29) is 23.7 Å². The third kappa shape index (κ3) is 4.03. The zero-order valence-electron chi connectivity index (χ0n) is 15.5. The molecule has 1 unspecified atom stereocenters. The van der Waals surface area contributed by atoms with Crippen molar-refractivity contribution >= 4 is 34.0 Å². The van der Waals surface area contributed by atoms with Crippen LogP contribution in [0.5, 0.6) is 0 Å². The quantitative estimate of drug-likeness (QED) is 0.868. The van der Waals surface area contributed by atoms with E-state index in [1.54, 1.807) is 0 Å². The average Bonchev–Trinajstić information content (AvgIpc) is 3.29. The number of nitrogens with zero attached hydrogens (tertiary/aromatic N) is 3. The van der Waals surface area contributed by atoms with E-state index in [0.717, 1.165) is 41.9 Å². The number of amides is 2. The molecule has 2 heterocycles. The van der Waals surface area contributed by atoms with Crippen molar-refractivity contribution < 1.29 is 9.59 Å². The van der Waals surface area contributed by atoms with Crippen molar-refractivity contribution in [2.45, 2.75) is 51.4 Å². The number of rotatable bonds is 4. The van der Waals surface area contributed by atoms with Gasteiger partial charge in [-0.15, -0.1) is 10.2 Å². The number of hydrogen-bond acceptors (Lipinski definition) is 5. The summed E-state index contributed by atoms with van der Waals surface area (Å²) >= 11 is 1.39. The van der Waals surface area contributed by atoms with E-state index in [1.807, 2.05) is 36.1 Å². The summed E-state index contributed by atoms with van der Waals surface area (Å²) < 4.78 is 0. The number of benzene rings is 1. The molecule has 1 aliphatic heterocycles. The minimum absolute atomic E-state index is 0.0239. The summed E-state index contributed by atoms with van der Waals surface area (Å²) in [6.45, 7) is 2.63. The van der Waals surface area contributed by atoms with Gasteiger partial charge in [0.2, 0.25) is 16.9 Å². The van der Waals surface area contributed by atoms with Gasteiger partial charge in [0.05, 0.1) is 0 Å². The highest BCUT2D eigenvalue weighted by Crippen LogP contribution is 2.35. The van der Waals surface area contributed by atoms with Gasteiger partial charge in [0.25, 0.3) is 0 Å². The van der Waals surface area contributed by atoms with Gasteiger partial charge in [-0.05, 0) is 37.5 Å². The SMILES string of the molecule is Cc1cccc(N2CC(c3nnc(NC(=O)C4CCCCC4)s3)CC2=O)c1. The molecular weight excluding hydrogens is 360 g/mol. The van der Waals surface area contributed by atoms with Gasteiger partial charge in [0.1, 0.15) is 5.01 Å². The lowest BCUT2D eigenvalue weighted by Gasteiger charge is -2.19. The second-order valence-electron chi connectivity index (χ2n) is 7.51. The molecule has 1 aromatic heterocycles. The normalized spacial score (nSPS) is 20.9. The van der Waals surface area contributed by atoms with Crippen molar-refractivity contribution in [3.63, 3.8) is 0 Å². The molecule has 1 N–H and O–H groups in total. The van der Waals surface area contributed by atoms with Crippen molar-refractivity contribution in [1.82, 2.24) is 10.2 Å². The van der Waals surface area contributed by atoms with Crippen molar-refractivity contribution in [3.05, 3.63) is 34.8 Å². The minimum atomic E-state index is 0.0239. The van der Waals surface area contributed by atoms with Crippen LogP contribution < -0.4 is 10.2 Å². The monoisotopic (exact) mass is 384 g/mol. The van der Waals surface area contributed by atoms with Gasteiger partial charge in [0.15, 0.2) is 0 Å². The molecule has 1 atom stereocenters. The van der Waals surface area contributed by atoms with E-state index in [1.165, 1.54) is 17.8 Å². The predicted octanol–water partition coefficient (Wildman–Crippen LogP) is 3.89. The Bertz CT molecular complexity index is 844. The molecule has 2 aromatic rings. The third-order valence-corrected chi connectivity index (χ3v) is 6.44. The Morgan fingerprint density at radius 3 is 2.81 bits per heavy atom. The van der Waals surface area contributed by atoms with E-state index in [0.29, 0.717) is 18.1 Å². The molecule has 27 heavy (non-hydrogen) atoms. The first-order valence-corrected chi connectivity index (χ1v) is 10.4. The number of carbonyl (C=O) groups is 2. The van der Waals surface area contributed by atoms with E-state index in [2.05, 4.69) is 15.5 Å². The van der Waals surface area contributed by atoms with E-state index >= 15 is 0 Å². The van der Waals surface area contributed by atoms with Gasteiger partial charge in [-0.2, -0.15) is 0 Å². The Morgan fingerprint density at radius 2 is 2.04 bits per heavy atom. The summed E-state index contributed by atoms with van der Waals surface area (Å²) in [6, 6.07) is 7.97. The molecule has 4 rings (SSSR count). The molecule has 0 spiro atoms. The predicted molar refractivity (Wildman–Crippen MR) is 106 cm³/mol. The Kier molecular flexibility index (Phi) is 5.20. The van der Waals surface area contributed by atoms with Crippen molar-refractivity contribution in [3.8, 4) is 0 Å². The van der Waals surface area contributed by atoms with Gasteiger partial charge in [-0.25, -0.2) is 0 Å². The van der Waals surface area contributed by atoms with E-state index < -0.39 is 0 Å². The summed E-state index contributed by atoms with van der Waals surface area (Å²) in [4.78, 5) is 26.7. The van der Waals surface area contributed by atoms with Gasteiger partial charge in [-0.1, -0.05) is 42.7 Å². The second-order valence-corrected chi connectivity index (χ2v) is 8.52. The summed E-state index contributed by atoms with van der Waals surface area (Å²) in [7, 11) is 0. The largest absolute Gasteiger partial charge is 0.312 e. The van der Waals surface area contributed by atoms with Crippen LogP contribution in [-0.4, -0.2) is 28.6 Å². The van der Waals surface area contributed by atoms with Crippen molar-refractivity contribution in [1.29, 1.82) is 0 Å². The maximum absolute atomic E-state index is 12.5. The number of aromatic nitrogens is 2. The van der Waals surface area contributed by atoms with Crippen LogP contribution >= 0.6 is 11.3 Å². The first-order chi connectivity index (χ1) is 13.1. The lowest BCUT2D eigenvalue weighted by molar-refractivity contribution is -0.120. The second kappa shape index (κ2) is 7.76. The topological polar surface area (TPSA) is 75.2 Å². The van der Waals surface area contributed by atoms with Crippen molar-refractivity contribution in [2.24, 2.45) is 5.92 Å². The molecule has 1 aliphatic carbocycles. The standard InChI is InChI=1S/C20H24N4O2S/c1-13-6-5-9-16(10-13)24-12-15(11-17(24)25)19-22-23-20(27-19)21-18(26)14-7-3-2-4-8-14/h5-6,9-10,14-15H,2-4,7-8,11-12H2,1H3,(H,21,23,26). The molecule has 0 bridgehead atoms. The molecular formula is C20H24N4O2S. The number of aryl methyl sites for hydroxylation is 1. The summed E-state index contributed by atoms with van der Waals surface area (Å²) in [5.41, 5.74) is 2.06. The smallest absolute Gasteiger partial charge is 0.229 e. The number of nitrogens with one attached hydrogen (secondary N) is 1. The van der Waals surface area contributed by atoms with Crippen LogP contribution in [0, 0.1) is 12.8 Å². The fourth-order valence-electron chi connectivity index (χ4n) is 3.94. The Morgan fingerprint density at radius 1 is 1.22 bits per heavy atom. The van der Waals surface area contributed by atoms with Gasteiger partial charge in [0, 0.05) is 30.5 Å². The summed E-state index contributed by atoms with van der Waals surface area (Å²) in [6.07, 6.45) is 5.82. The molecule has 2 fully saturated rings. The molecule has 2 aliphatic rings. The molecule has 0 radical (unpaired) electrons. The molecule has 142 valence electrons. The van der Waals surface area contributed by atoms with Crippen LogP contribution in [0.3, 0.4) is 0 Å². The number of anilines is 2. The zero-order valence-corrected chi connectivity index (χ0v) is 16.3. The molecule has 7 heteroatoms. The first kappa shape index (κ1) is 18.1. The first-order valence-electron chi connectivity index (χ1n) is 9.61. The lowest BCUT2D eigenvalue weighted by Crippen LogP contribution is -2.24. The maximum atomic E-state index is 12.5. The zero-order chi connectivity index (χ0) is 18.8. The Hall–Kier alpha value is -2.28. The van der Waals surface area contributed by atoms with Crippen LogP contribution in [0.15, 0.2) is 24.3 Å². The Labute approximate surface area is 163 Å². The van der Waals surface area contributed by atoms with E-state index in [9.17, 15) is 9.59 Å². The Balaban J connectivity index is 1.41. The van der Waals surface area contributed by atoms with E-state index in [4.69, 9.17) is 0 Å². The highest BCUT2D eigenvalue weighted by Gasteiger charge is 2.34. The number of hydrogen-bond donors (Lipinski definition) is 1. The summed E-state index contributed by atoms with van der Waals surface area (Å²) in [5, 5.41) is 12.7. The van der Waals surface area contributed by atoms with Crippen LogP contribution in [-0.2, 0) is 9.59 Å². The maximum Gasteiger partial charge on any atom is 0.229 e. The average molecular weight is 385 g/mol. The highest BCUT2D eigenvalue weighted by molar-refractivity contribution is 7.15. The van der Waals surface area contributed by atoms with Crippen LogP contribution in [0.25, 0.3) is 0 Å². The third-order valence-electron chi connectivity index (χ3n) is 5.43. The summed E-state index contributed by atoms with van der Waals surface area (Å²) in [5.74, 6) is 0.279. The fraction of sp³-hybridized carbons (Fsp3) is 0.500. The van der Waals surface area contributed by atoms with Crippen LogP contribution in [0.2, 0.25) is 0 Å². The minimum Gasteiger partial charge on any atom is -0.312 e. The van der Waals surface area contributed by atoms with Gasteiger partial charge >= 0.3 is 0 Å². The highest BCUT2D eigenvalue weighted by atomic mass is 32.1. The lowest BCUT2D eigenvalue weighted by atomic mass is 9.89. The van der Waals surface area contributed by atoms with Crippen LogP contribution in [0.1, 0.15) is 55.0 Å². The fourth-order valence-corrected chi connectivity index (χ4v) is 4.78. The van der Waals surface area contributed by atoms with Gasteiger partial charge < -0.3 is 10.2 Å². The molecule has 6 nitrogen and oxygen atoms in total. The molecule has 1 saturated carbocycles. The molecule has 2 amide bonds.